The van der Waals surface area contributed by atoms with Gasteiger partial charge in [-0.2, -0.15) is 10.2 Å². The predicted molar refractivity (Wildman–Crippen MR) is 59.5 cm³/mol. The molecule has 0 aliphatic heterocycles. The summed E-state index contributed by atoms with van der Waals surface area (Å²) in [5.41, 5.74) is 0.374. The van der Waals surface area contributed by atoms with Gasteiger partial charge in [0.15, 0.2) is 0 Å². The Labute approximate surface area is 108 Å². The number of ether oxygens (including phenoxy) is 2. The van der Waals surface area contributed by atoms with Crippen LogP contribution in [0.5, 0.6) is 11.8 Å². The maximum Gasteiger partial charge on any atom is 0.574 e. The lowest BCUT2D eigenvalue weighted by Gasteiger charge is -2.11. The smallest absolute Gasteiger partial charge is 0.480 e. The molecule has 0 atom stereocenters. The Balaban J connectivity index is 3.16. The Morgan fingerprint density at radius 2 is 2.18 bits per heavy atom. The summed E-state index contributed by atoms with van der Waals surface area (Å²) >= 11 is 1.84. The van der Waals surface area contributed by atoms with Crippen LogP contribution in [0, 0.1) is 14.9 Å². The van der Waals surface area contributed by atoms with E-state index in [9.17, 15) is 13.2 Å². The summed E-state index contributed by atoms with van der Waals surface area (Å²) in [5.74, 6) is -0.641. The van der Waals surface area contributed by atoms with Gasteiger partial charge in [0.2, 0.25) is 11.8 Å². The average molecular weight is 358 g/mol. The molecule has 0 saturated heterocycles. The van der Waals surface area contributed by atoms with Crippen molar-refractivity contribution in [3.63, 3.8) is 0 Å². The van der Waals surface area contributed by atoms with Crippen LogP contribution >= 0.6 is 22.6 Å². The van der Waals surface area contributed by atoms with Crippen LogP contribution in [-0.2, 0) is 6.42 Å². The number of aromatic nitrogens is 1. The van der Waals surface area contributed by atoms with Gasteiger partial charge >= 0.3 is 6.36 Å². The number of hydrogen-bond donors (Lipinski definition) is 0. The summed E-state index contributed by atoms with van der Waals surface area (Å²) in [6.45, 7) is 0. The summed E-state index contributed by atoms with van der Waals surface area (Å²) in [6.07, 6.45) is -4.87. The van der Waals surface area contributed by atoms with Crippen molar-refractivity contribution in [1.29, 1.82) is 5.26 Å². The van der Waals surface area contributed by atoms with Gasteiger partial charge in [0.1, 0.15) is 0 Å². The van der Waals surface area contributed by atoms with Crippen molar-refractivity contribution in [3.05, 3.63) is 15.2 Å². The number of alkyl halides is 3. The lowest BCUT2D eigenvalue weighted by atomic mass is 10.2. The molecule has 0 fully saturated rings. The first-order chi connectivity index (χ1) is 7.87. The fraction of sp³-hybridized carbons (Fsp3) is 0.333. The quantitative estimate of drug-likeness (QED) is 0.780. The number of hydrogen-bond acceptors (Lipinski definition) is 4. The van der Waals surface area contributed by atoms with Crippen LogP contribution < -0.4 is 9.47 Å². The molecule has 0 unspecified atom stereocenters. The maximum atomic E-state index is 12.0. The number of rotatable bonds is 3. The molecule has 0 bridgehead atoms. The average Bonchev–Trinajstić information content (AvgIpc) is 2.20. The molecule has 0 saturated carbocycles. The van der Waals surface area contributed by atoms with Crippen molar-refractivity contribution in [2.45, 2.75) is 12.8 Å². The van der Waals surface area contributed by atoms with Crippen molar-refractivity contribution in [1.82, 2.24) is 4.98 Å². The molecule has 4 nitrogen and oxygen atoms in total. The largest absolute Gasteiger partial charge is 0.574 e. The molecule has 1 aromatic rings. The first-order valence-electron chi connectivity index (χ1n) is 4.23. The molecule has 1 aromatic heterocycles. The van der Waals surface area contributed by atoms with Crippen molar-refractivity contribution in [2.75, 3.05) is 7.11 Å². The lowest BCUT2D eigenvalue weighted by molar-refractivity contribution is -0.276. The van der Waals surface area contributed by atoms with Gasteiger partial charge in [-0.05, 0) is 28.2 Å². The van der Waals surface area contributed by atoms with Gasteiger partial charge in [0.05, 0.1) is 23.2 Å². The predicted octanol–water partition coefficient (Wildman–Crippen LogP) is 2.66. The van der Waals surface area contributed by atoms with Crippen molar-refractivity contribution in [2.24, 2.45) is 0 Å². The zero-order valence-electron chi connectivity index (χ0n) is 8.51. The highest BCUT2D eigenvalue weighted by Gasteiger charge is 2.32. The molecule has 8 heteroatoms. The Morgan fingerprint density at radius 1 is 1.53 bits per heavy atom. The van der Waals surface area contributed by atoms with E-state index >= 15 is 0 Å². The molecule has 0 aliphatic carbocycles. The molecule has 0 aromatic carbocycles. The van der Waals surface area contributed by atoms with Crippen LogP contribution in [0.15, 0.2) is 6.07 Å². The van der Waals surface area contributed by atoms with Crippen molar-refractivity contribution < 1.29 is 22.6 Å². The van der Waals surface area contributed by atoms with E-state index in [4.69, 9.17) is 10.00 Å². The minimum Gasteiger partial charge on any atom is -0.480 e. The molecular formula is C9H6F3IN2O2. The Morgan fingerprint density at radius 3 is 2.65 bits per heavy atom. The van der Waals surface area contributed by atoms with Gasteiger partial charge in [-0.15, -0.1) is 13.2 Å². The Kier molecular flexibility index (Phi) is 4.39. The van der Waals surface area contributed by atoms with Gasteiger partial charge in [-0.1, -0.05) is 0 Å². The van der Waals surface area contributed by atoms with E-state index in [1.807, 2.05) is 28.7 Å². The van der Waals surface area contributed by atoms with E-state index in [0.29, 0.717) is 9.13 Å². The number of halogens is 4. The fourth-order valence-corrected chi connectivity index (χ4v) is 1.74. The van der Waals surface area contributed by atoms with E-state index < -0.39 is 12.2 Å². The van der Waals surface area contributed by atoms with Crippen molar-refractivity contribution >= 4 is 22.6 Å². The number of nitriles is 1. The van der Waals surface area contributed by atoms with E-state index in [1.165, 1.54) is 7.11 Å². The zero-order chi connectivity index (χ0) is 13.1. The molecular weight excluding hydrogens is 352 g/mol. The third-order valence-corrected chi connectivity index (χ3v) is 2.82. The minimum atomic E-state index is -4.82. The fourth-order valence-electron chi connectivity index (χ4n) is 1.05. The number of methoxy groups -OCH3 is 1. The molecule has 0 amide bonds. The summed E-state index contributed by atoms with van der Waals surface area (Å²) in [5, 5.41) is 8.55. The van der Waals surface area contributed by atoms with Crippen LogP contribution in [0.3, 0.4) is 0 Å². The standard InChI is InChI=1S/C9H6F3IN2O2/c1-16-8-7(13)5(2-3-14)4-6(15-8)17-9(10,11)12/h4H,2H2,1H3. The highest BCUT2D eigenvalue weighted by molar-refractivity contribution is 14.1. The Bertz CT molecular complexity index is 457. The third-order valence-electron chi connectivity index (χ3n) is 1.66. The normalized spacial score (nSPS) is 10.8. The topological polar surface area (TPSA) is 55.1 Å². The second kappa shape index (κ2) is 5.39. The van der Waals surface area contributed by atoms with Gasteiger partial charge in [0, 0.05) is 6.07 Å². The van der Waals surface area contributed by atoms with Gasteiger partial charge in [-0.3, -0.25) is 0 Å². The van der Waals surface area contributed by atoms with Gasteiger partial charge < -0.3 is 9.47 Å². The first kappa shape index (κ1) is 13.8. The molecule has 17 heavy (non-hydrogen) atoms. The van der Waals surface area contributed by atoms with E-state index in [1.54, 1.807) is 0 Å². The first-order valence-corrected chi connectivity index (χ1v) is 5.31. The lowest BCUT2D eigenvalue weighted by Crippen LogP contribution is -2.18. The Hall–Kier alpha value is -1.24. The van der Waals surface area contributed by atoms with Crippen LogP contribution in [0.4, 0.5) is 13.2 Å². The summed E-state index contributed by atoms with van der Waals surface area (Å²) in [7, 11) is 1.28. The molecule has 0 spiro atoms. The van der Waals surface area contributed by atoms with Gasteiger partial charge in [-0.25, -0.2) is 0 Å². The van der Waals surface area contributed by atoms with E-state index in [0.717, 1.165) is 6.07 Å². The molecule has 1 rings (SSSR count). The molecule has 0 aliphatic rings. The molecule has 0 radical (unpaired) electrons. The second-order valence-corrected chi connectivity index (χ2v) is 3.90. The molecule has 92 valence electrons. The van der Waals surface area contributed by atoms with E-state index in [-0.39, 0.29) is 12.3 Å². The van der Waals surface area contributed by atoms with Crippen LogP contribution in [0.1, 0.15) is 5.56 Å². The monoisotopic (exact) mass is 358 g/mol. The van der Waals surface area contributed by atoms with Crippen molar-refractivity contribution in [3.8, 4) is 17.8 Å². The highest BCUT2D eigenvalue weighted by Crippen LogP contribution is 2.29. The third kappa shape index (κ3) is 3.92. The minimum absolute atomic E-state index is 0.00222. The maximum absolute atomic E-state index is 12.0. The summed E-state index contributed by atoms with van der Waals surface area (Å²) in [6, 6.07) is 2.91. The zero-order valence-corrected chi connectivity index (χ0v) is 10.7. The number of nitrogens with zero attached hydrogens (tertiary/aromatic N) is 2. The highest BCUT2D eigenvalue weighted by atomic mass is 127. The van der Waals surface area contributed by atoms with E-state index in [2.05, 4.69) is 9.72 Å². The second-order valence-electron chi connectivity index (χ2n) is 2.83. The van der Waals surface area contributed by atoms with Crippen LogP contribution in [0.25, 0.3) is 0 Å². The SMILES string of the molecule is COc1nc(OC(F)(F)F)cc(CC#N)c1I. The summed E-state index contributed by atoms with van der Waals surface area (Å²) in [4.78, 5) is 3.54. The van der Waals surface area contributed by atoms with Crippen LogP contribution in [-0.4, -0.2) is 18.5 Å². The molecule has 0 N–H and O–H groups in total. The van der Waals surface area contributed by atoms with Crippen LogP contribution in [0.2, 0.25) is 0 Å². The molecule has 1 heterocycles. The number of pyridine rings is 1. The summed E-state index contributed by atoms with van der Waals surface area (Å²) < 4.78 is 45.1. The van der Waals surface area contributed by atoms with Gasteiger partial charge in [0.25, 0.3) is 0 Å².